The molecule has 0 aliphatic rings. The Labute approximate surface area is 493 Å². The molecule has 0 atom stereocenters. The molecule has 10 heteroatoms. The van der Waals surface area contributed by atoms with Gasteiger partial charge in [-0.25, -0.2) is 0 Å². The van der Waals surface area contributed by atoms with E-state index in [4.69, 9.17) is 35.3 Å². The van der Waals surface area contributed by atoms with Crippen LogP contribution >= 0.6 is 11.6 Å². The number of carbonyl (C=O) groups is 3. The van der Waals surface area contributed by atoms with E-state index in [1.54, 1.807) is 11.9 Å². The molecule has 462 valence electrons. The Morgan fingerprint density at radius 3 is 0.886 bits per heavy atom. The summed E-state index contributed by atoms with van der Waals surface area (Å²) in [7, 11) is 1.70. The van der Waals surface area contributed by atoms with Gasteiger partial charge in [-0.2, -0.15) is 0 Å². The maximum atomic E-state index is 14.1. The third-order valence-electron chi connectivity index (χ3n) is 15.8. The number of amides is 1. The average molecular weight is 1130 g/mol. The van der Waals surface area contributed by atoms with Crippen LogP contribution in [0.2, 0.25) is 0 Å². The van der Waals surface area contributed by atoms with Crippen LogP contribution in [0.1, 0.15) is 352 Å². The van der Waals surface area contributed by atoms with E-state index in [-0.39, 0.29) is 38.0 Å². The van der Waals surface area contributed by atoms with Gasteiger partial charge in [0.15, 0.2) is 17.6 Å². The number of esters is 2. The van der Waals surface area contributed by atoms with Crippen molar-refractivity contribution >= 4 is 29.4 Å². The van der Waals surface area contributed by atoms with E-state index in [1.807, 2.05) is 12.1 Å². The third kappa shape index (κ3) is 47.5. The Morgan fingerprint density at radius 1 is 0.354 bits per heavy atom. The van der Waals surface area contributed by atoms with Crippen molar-refractivity contribution in [2.24, 2.45) is 0 Å². The van der Waals surface area contributed by atoms with E-state index in [1.165, 1.54) is 270 Å². The van der Waals surface area contributed by atoms with E-state index in [2.05, 4.69) is 20.8 Å². The second-order valence-corrected chi connectivity index (χ2v) is 23.5. The number of ether oxygens (including phenoxy) is 5. The molecule has 1 aromatic carbocycles. The molecule has 0 unspecified atom stereocenters. The predicted octanol–water partition coefficient (Wildman–Crippen LogP) is 21.7. The summed E-state index contributed by atoms with van der Waals surface area (Å²) in [4.78, 5) is 39.6. The highest BCUT2D eigenvalue weighted by molar-refractivity contribution is 6.17. The number of nitrogens with zero attached hydrogens (tertiary/aromatic N) is 1. The number of benzene rings is 1. The fourth-order valence-electron chi connectivity index (χ4n) is 10.6. The Kier molecular flexibility index (Phi) is 55.1. The zero-order valence-corrected chi connectivity index (χ0v) is 53.1. The first-order valence-corrected chi connectivity index (χ1v) is 34.6. The topological polar surface area (TPSA) is 101 Å². The van der Waals surface area contributed by atoms with E-state index in [0.717, 1.165) is 38.5 Å². The van der Waals surface area contributed by atoms with Gasteiger partial charge in [0.2, 0.25) is 5.75 Å². The Morgan fingerprint density at radius 2 is 0.608 bits per heavy atom. The largest absolute Gasteiger partial charge is 0.490 e. The van der Waals surface area contributed by atoms with E-state index >= 15 is 0 Å². The molecule has 0 saturated carbocycles. The molecule has 0 aliphatic carbocycles. The minimum atomic E-state index is -0.558. The van der Waals surface area contributed by atoms with Crippen LogP contribution in [0.25, 0.3) is 0 Å². The standard InChI is InChI=1S/C69H126ClNO8/c1-5-8-11-14-17-20-23-26-29-32-35-38-41-44-47-50-56-75-64-60-63(69(74)71(4)55-59-77-66(72)53-54-67(73)79-62-70)61-65(76-57-51-48-45-42-39-36-33-30-27-24-21-18-15-12-9-6-2)68(64)78-58-52-49-46-43-40-37-34-31-28-25-22-19-16-13-10-7-3/h60-61H,5-59,62H2,1-4H3. The van der Waals surface area contributed by atoms with Gasteiger partial charge in [-0.05, 0) is 31.4 Å². The minimum absolute atomic E-state index is 0.00263. The molecule has 0 radical (unpaired) electrons. The van der Waals surface area contributed by atoms with Crippen molar-refractivity contribution in [1.29, 1.82) is 0 Å². The number of rotatable bonds is 62. The van der Waals surface area contributed by atoms with Crippen molar-refractivity contribution in [3.05, 3.63) is 17.7 Å². The highest BCUT2D eigenvalue weighted by atomic mass is 35.5. The summed E-state index contributed by atoms with van der Waals surface area (Å²) in [5, 5.41) is 0. The highest BCUT2D eigenvalue weighted by Gasteiger charge is 2.22. The van der Waals surface area contributed by atoms with Crippen molar-refractivity contribution < 1.29 is 38.1 Å². The monoisotopic (exact) mass is 1130 g/mol. The van der Waals surface area contributed by atoms with Crippen molar-refractivity contribution in [3.8, 4) is 17.2 Å². The molecule has 0 saturated heterocycles. The molecule has 79 heavy (non-hydrogen) atoms. The summed E-state index contributed by atoms with van der Waals surface area (Å²) >= 11 is 5.46. The summed E-state index contributed by atoms with van der Waals surface area (Å²) < 4.78 is 29.8. The van der Waals surface area contributed by atoms with Crippen molar-refractivity contribution in [2.75, 3.05) is 46.1 Å². The summed E-state index contributed by atoms with van der Waals surface area (Å²) in [5.41, 5.74) is 0.441. The summed E-state index contributed by atoms with van der Waals surface area (Å²) in [5.74, 6) is 0.369. The normalized spacial score (nSPS) is 11.3. The van der Waals surface area contributed by atoms with Crippen LogP contribution in [0.15, 0.2) is 12.1 Å². The maximum Gasteiger partial charge on any atom is 0.307 e. The number of unbranched alkanes of at least 4 members (excludes halogenated alkanes) is 45. The zero-order valence-electron chi connectivity index (χ0n) is 52.3. The number of carbonyl (C=O) groups excluding carboxylic acids is 3. The molecule has 0 aromatic heterocycles. The van der Waals surface area contributed by atoms with Crippen molar-refractivity contribution in [3.63, 3.8) is 0 Å². The molecule has 0 heterocycles. The summed E-state index contributed by atoms with van der Waals surface area (Å²) in [6, 6.07) is 3.36. The molecule has 1 rings (SSSR count). The van der Waals surface area contributed by atoms with Gasteiger partial charge in [-0.3, -0.25) is 14.4 Å². The zero-order chi connectivity index (χ0) is 57.2. The molecule has 1 aromatic rings. The molecular formula is C69H126ClNO8. The molecule has 0 spiro atoms. The lowest BCUT2D eigenvalue weighted by atomic mass is 10.0. The second kappa shape index (κ2) is 58.5. The number of hydrogen-bond acceptors (Lipinski definition) is 8. The van der Waals surface area contributed by atoms with Gasteiger partial charge in [0, 0.05) is 12.6 Å². The van der Waals surface area contributed by atoms with Crippen molar-refractivity contribution in [2.45, 2.75) is 342 Å². The van der Waals surface area contributed by atoms with Crippen LogP contribution in [-0.2, 0) is 19.1 Å². The Hall–Kier alpha value is -2.68. The van der Waals surface area contributed by atoms with E-state index in [9.17, 15) is 14.4 Å². The van der Waals surface area contributed by atoms with Gasteiger partial charge >= 0.3 is 11.9 Å². The summed E-state index contributed by atoms with van der Waals surface area (Å²) in [6.45, 7) is 8.67. The van der Waals surface area contributed by atoms with Gasteiger partial charge in [-0.15, -0.1) is 0 Å². The minimum Gasteiger partial charge on any atom is -0.490 e. The highest BCUT2D eigenvalue weighted by Crippen LogP contribution is 2.40. The molecule has 1 amide bonds. The van der Waals surface area contributed by atoms with Gasteiger partial charge in [0.05, 0.1) is 39.2 Å². The number of likely N-dealkylation sites (N-methyl/N-ethyl adjacent to an activating group) is 1. The van der Waals surface area contributed by atoms with Gasteiger partial charge in [0.25, 0.3) is 5.91 Å². The van der Waals surface area contributed by atoms with Crippen LogP contribution in [-0.4, -0.2) is 68.8 Å². The molecule has 0 bridgehead atoms. The second-order valence-electron chi connectivity index (χ2n) is 23.3. The maximum absolute atomic E-state index is 14.1. The fraction of sp³-hybridized carbons (Fsp3) is 0.870. The first-order chi connectivity index (χ1) is 38.9. The van der Waals surface area contributed by atoms with Crippen LogP contribution in [0, 0.1) is 0 Å². The first-order valence-electron chi connectivity index (χ1n) is 34.1. The number of halogens is 1. The number of hydrogen-bond donors (Lipinski definition) is 0. The van der Waals surface area contributed by atoms with Crippen LogP contribution in [0.4, 0.5) is 0 Å². The average Bonchev–Trinajstić information content (AvgIpc) is 3.47. The third-order valence-corrected chi connectivity index (χ3v) is 15.9. The quantitative estimate of drug-likeness (QED) is 0.0361. The predicted molar refractivity (Wildman–Crippen MR) is 336 cm³/mol. The van der Waals surface area contributed by atoms with Crippen molar-refractivity contribution in [1.82, 2.24) is 4.90 Å². The van der Waals surface area contributed by atoms with E-state index < -0.39 is 11.9 Å². The first kappa shape index (κ1) is 74.3. The Balaban J connectivity index is 2.88. The SMILES string of the molecule is CCCCCCCCCCCCCCCCCCOc1cc(C(=O)N(C)CCOC(=O)CCC(=O)OCCl)cc(OCCCCCCCCCCCCCCCCCC)c1OCCCCCCCCCCCCCCCCCC. The molecule has 0 N–H and O–H groups in total. The van der Waals surface area contributed by atoms with Gasteiger partial charge < -0.3 is 28.6 Å². The number of alkyl halides is 1. The Bertz CT molecular complexity index is 1450. The van der Waals surface area contributed by atoms with Crippen LogP contribution < -0.4 is 14.2 Å². The molecule has 0 aliphatic heterocycles. The lowest BCUT2D eigenvalue weighted by Gasteiger charge is -2.21. The van der Waals surface area contributed by atoms with Gasteiger partial charge in [0.1, 0.15) is 6.61 Å². The van der Waals surface area contributed by atoms with Crippen LogP contribution in [0.5, 0.6) is 17.2 Å². The molecule has 9 nitrogen and oxygen atoms in total. The van der Waals surface area contributed by atoms with Crippen LogP contribution in [0.3, 0.4) is 0 Å². The lowest BCUT2D eigenvalue weighted by Crippen LogP contribution is -2.31. The van der Waals surface area contributed by atoms with E-state index in [0.29, 0.717) is 42.6 Å². The molecule has 0 fully saturated rings. The smallest absolute Gasteiger partial charge is 0.307 e. The van der Waals surface area contributed by atoms with Gasteiger partial charge in [-0.1, -0.05) is 321 Å². The lowest BCUT2D eigenvalue weighted by molar-refractivity contribution is -0.149. The fourth-order valence-corrected chi connectivity index (χ4v) is 10.7. The molecular weight excluding hydrogens is 1010 g/mol. The summed E-state index contributed by atoms with van der Waals surface area (Å²) in [6.07, 6.45) is 62.8.